The minimum atomic E-state index is -0.181. The standard InChI is InChI=1S/C31H39N5O3/c1-5-6-16-39-30-14-10-22(3)33-28(30)20-36-29-18-24(11-13-26(29)35-31(36)34-23(4)38)19-32-27-17-21(2)9-12-25(27)8-7-15-37/h9-14,17-18,32,37H,5-8,15-16,19-20H2,1-4H3,(H,34,35,38). The van der Waals surface area contributed by atoms with Crippen LogP contribution in [0, 0.1) is 13.8 Å². The van der Waals surface area contributed by atoms with E-state index in [1.165, 1.54) is 18.1 Å². The number of ether oxygens (including phenoxy) is 1. The Morgan fingerprint density at radius 3 is 2.67 bits per heavy atom. The Labute approximate surface area is 230 Å². The number of amides is 1. The van der Waals surface area contributed by atoms with Crippen molar-refractivity contribution in [2.45, 2.75) is 66.5 Å². The molecule has 39 heavy (non-hydrogen) atoms. The second-order valence-corrected chi connectivity index (χ2v) is 9.97. The third-order valence-electron chi connectivity index (χ3n) is 6.59. The Morgan fingerprint density at radius 2 is 1.90 bits per heavy atom. The molecule has 8 nitrogen and oxygen atoms in total. The molecule has 0 radical (unpaired) electrons. The van der Waals surface area contributed by atoms with Gasteiger partial charge < -0.3 is 19.7 Å². The van der Waals surface area contributed by atoms with Crippen molar-refractivity contribution in [2.24, 2.45) is 0 Å². The van der Waals surface area contributed by atoms with Gasteiger partial charge in [-0.25, -0.2) is 4.98 Å². The Bertz CT molecular complexity index is 1430. The summed E-state index contributed by atoms with van der Waals surface area (Å²) in [5.74, 6) is 1.05. The second kappa shape index (κ2) is 13.2. The summed E-state index contributed by atoms with van der Waals surface area (Å²) in [5, 5.41) is 15.8. The molecular weight excluding hydrogens is 490 g/mol. The number of nitrogens with one attached hydrogen (secondary N) is 2. The van der Waals surface area contributed by atoms with E-state index in [4.69, 9.17) is 14.7 Å². The van der Waals surface area contributed by atoms with Crippen molar-refractivity contribution in [2.75, 3.05) is 23.8 Å². The molecule has 0 spiro atoms. The van der Waals surface area contributed by atoms with Crippen molar-refractivity contribution in [3.8, 4) is 5.75 Å². The number of aromatic nitrogens is 3. The lowest BCUT2D eigenvalue weighted by Gasteiger charge is -2.15. The van der Waals surface area contributed by atoms with Crippen LogP contribution in [0.4, 0.5) is 11.6 Å². The fourth-order valence-corrected chi connectivity index (χ4v) is 4.55. The second-order valence-electron chi connectivity index (χ2n) is 9.97. The first-order valence-electron chi connectivity index (χ1n) is 13.7. The van der Waals surface area contributed by atoms with Crippen LogP contribution in [0.25, 0.3) is 11.0 Å². The van der Waals surface area contributed by atoms with E-state index in [0.717, 1.165) is 65.1 Å². The van der Waals surface area contributed by atoms with Gasteiger partial charge in [-0.1, -0.05) is 31.5 Å². The van der Waals surface area contributed by atoms with Gasteiger partial charge in [-0.05, 0) is 80.1 Å². The molecule has 0 aliphatic rings. The third kappa shape index (κ3) is 7.35. The van der Waals surface area contributed by atoms with Crippen LogP contribution in [-0.2, 0) is 24.3 Å². The number of hydrogen-bond acceptors (Lipinski definition) is 6. The summed E-state index contributed by atoms with van der Waals surface area (Å²) in [6.45, 7) is 9.50. The van der Waals surface area contributed by atoms with Gasteiger partial charge in [-0.15, -0.1) is 0 Å². The maximum atomic E-state index is 12.0. The van der Waals surface area contributed by atoms with E-state index in [9.17, 15) is 9.90 Å². The molecule has 0 fully saturated rings. The minimum Gasteiger partial charge on any atom is -0.492 e. The van der Waals surface area contributed by atoms with Gasteiger partial charge in [0.25, 0.3) is 0 Å². The highest BCUT2D eigenvalue weighted by atomic mass is 16.5. The SMILES string of the molecule is CCCCOc1ccc(C)nc1Cn1c(NC(C)=O)nc2ccc(CNc3cc(C)ccc3CCCO)cc21. The van der Waals surface area contributed by atoms with Crippen LogP contribution in [0.1, 0.15) is 61.2 Å². The zero-order chi connectivity index (χ0) is 27.8. The molecule has 206 valence electrons. The van der Waals surface area contributed by atoms with Crippen molar-refractivity contribution < 1.29 is 14.6 Å². The molecule has 8 heteroatoms. The van der Waals surface area contributed by atoms with Crippen LogP contribution < -0.4 is 15.4 Å². The number of rotatable bonds is 13. The number of imidazole rings is 1. The number of aliphatic hydroxyl groups excluding tert-OH is 1. The smallest absolute Gasteiger partial charge is 0.223 e. The lowest BCUT2D eigenvalue weighted by atomic mass is 10.0. The van der Waals surface area contributed by atoms with E-state index in [2.05, 4.69) is 54.8 Å². The number of aryl methyl sites for hydroxylation is 3. The summed E-state index contributed by atoms with van der Waals surface area (Å²) >= 11 is 0. The van der Waals surface area contributed by atoms with Crippen molar-refractivity contribution in [3.05, 3.63) is 76.6 Å². The number of hydrogen-bond donors (Lipinski definition) is 3. The van der Waals surface area contributed by atoms with Crippen LogP contribution >= 0.6 is 0 Å². The summed E-state index contributed by atoms with van der Waals surface area (Å²) in [6, 6.07) is 16.4. The molecule has 2 aromatic heterocycles. The highest BCUT2D eigenvalue weighted by molar-refractivity contribution is 5.90. The van der Waals surface area contributed by atoms with Crippen molar-refractivity contribution in [1.82, 2.24) is 14.5 Å². The lowest BCUT2D eigenvalue weighted by molar-refractivity contribution is -0.114. The van der Waals surface area contributed by atoms with Crippen LogP contribution in [-0.4, -0.2) is 38.8 Å². The molecule has 0 aliphatic heterocycles. The predicted molar refractivity (Wildman–Crippen MR) is 156 cm³/mol. The Morgan fingerprint density at radius 1 is 1.05 bits per heavy atom. The number of carbonyl (C=O) groups excluding carboxylic acids is 1. The van der Waals surface area contributed by atoms with Crippen LogP contribution in [0.2, 0.25) is 0 Å². The molecule has 3 N–H and O–H groups in total. The van der Waals surface area contributed by atoms with Gasteiger partial charge in [0, 0.05) is 31.5 Å². The Balaban J connectivity index is 1.66. The van der Waals surface area contributed by atoms with Crippen LogP contribution in [0.15, 0.2) is 48.5 Å². The number of carbonyl (C=O) groups is 1. The van der Waals surface area contributed by atoms with E-state index in [-0.39, 0.29) is 12.5 Å². The topological polar surface area (TPSA) is 101 Å². The van der Waals surface area contributed by atoms with Crippen molar-refractivity contribution in [3.63, 3.8) is 0 Å². The molecule has 2 aromatic carbocycles. The number of anilines is 2. The maximum absolute atomic E-state index is 12.0. The van der Waals surface area contributed by atoms with Gasteiger partial charge in [0.05, 0.1) is 24.2 Å². The largest absolute Gasteiger partial charge is 0.492 e. The minimum absolute atomic E-state index is 0.172. The van der Waals surface area contributed by atoms with Crippen LogP contribution in [0.5, 0.6) is 5.75 Å². The summed E-state index contributed by atoms with van der Waals surface area (Å²) in [7, 11) is 0. The molecule has 0 saturated carbocycles. The molecule has 4 rings (SSSR count). The highest BCUT2D eigenvalue weighted by Gasteiger charge is 2.16. The van der Waals surface area contributed by atoms with Crippen molar-refractivity contribution in [1.29, 1.82) is 0 Å². The van der Waals surface area contributed by atoms with E-state index >= 15 is 0 Å². The number of pyridine rings is 1. The van der Waals surface area contributed by atoms with Gasteiger partial charge in [0.15, 0.2) is 0 Å². The number of benzene rings is 2. The van der Waals surface area contributed by atoms with Gasteiger partial charge in [0.2, 0.25) is 11.9 Å². The molecule has 0 saturated heterocycles. The summed E-state index contributed by atoms with van der Waals surface area (Å²) in [5.41, 5.74) is 7.94. The van der Waals surface area contributed by atoms with Gasteiger partial charge in [-0.2, -0.15) is 0 Å². The first-order chi connectivity index (χ1) is 18.9. The Kier molecular flexibility index (Phi) is 9.54. The average Bonchev–Trinajstić information content (AvgIpc) is 3.23. The molecule has 0 aliphatic carbocycles. The maximum Gasteiger partial charge on any atom is 0.223 e. The van der Waals surface area contributed by atoms with E-state index in [1.54, 1.807) is 0 Å². The molecule has 0 atom stereocenters. The van der Waals surface area contributed by atoms with Gasteiger partial charge in [-0.3, -0.25) is 15.1 Å². The monoisotopic (exact) mass is 529 g/mol. The van der Waals surface area contributed by atoms with Crippen molar-refractivity contribution >= 4 is 28.6 Å². The first-order valence-corrected chi connectivity index (χ1v) is 13.7. The van der Waals surface area contributed by atoms with E-state index in [0.29, 0.717) is 25.6 Å². The molecule has 1 amide bonds. The summed E-state index contributed by atoms with van der Waals surface area (Å²) in [4.78, 5) is 21.5. The zero-order valence-electron chi connectivity index (χ0n) is 23.4. The normalized spacial score (nSPS) is 11.1. The highest BCUT2D eigenvalue weighted by Crippen LogP contribution is 2.27. The number of unbranched alkanes of at least 4 members (excludes halogenated alkanes) is 1. The number of nitrogens with zero attached hydrogens (tertiary/aromatic N) is 3. The fraction of sp³-hybridized carbons (Fsp3) is 0.387. The Hall–Kier alpha value is -3.91. The number of aliphatic hydroxyl groups is 1. The summed E-state index contributed by atoms with van der Waals surface area (Å²) in [6.07, 6.45) is 3.57. The predicted octanol–water partition coefficient (Wildman–Crippen LogP) is 5.77. The van der Waals surface area contributed by atoms with E-state index < -0.39 is 0 Å². The molecule has 0 bridgehead atoms. The average molecular weight is 530 g/mol. The van der Waals surface area contributed by atoms with Gasteiger partial charge >= 0.3 is 0 Å². The zero-order valence-corrected chi connectivity index (χ0v) is 23.4. The molecular formula is C31H39N5O3. The van der Waals surface area contributed by atoms with E-state index in [1.807, 2.05) is 29.7 Å². The summed E-state index contributed by atoms with van der Waals surface area (Å²) < 4.78 is 8.06. The molecule has 0 unspecified atom stereocenters. The van der Waals surface area contributed by atoms with Crippen LogP contribution in [0.3, 0.4) is 0 Å². The first kappa shape index (κ1) is 28.1. The molecule has 4 aromatic rings. The third-order valence-corrected chi connectivity index (χ3v) is 6.59. The number of fused-ring (bicyclic) bond motifs is 1. The fourth-order valence-electron chi connectivity index (χ4n) is 4.55. The lowest BCUT2D eigenvalue weighted by Crippen LogP contribution is -2.14. The quantitative estimate of drug-likeness (QED) is 0.190. The van der Waals surface area contributed by atoms with Gasteiger partial charge in [0.1, 0.15) is 11.4 Å². The molecule has 2 heterocycles.